The molecule has 2 aromatic rings. The molecule has 0 saturated carbocycles. The van der Waals surface area contributed by atoms with Crippen LogP contribution in [-0.2, 0) is 21.8 Å². The number of carbonyl (C=O) groups excluding carboxylic acids is 1. The van der Waals surface area contributed by atoms with E-state index in [0.717, 1.165) is 5.69 Å². The van der Waals surface area contributed by atoms with E-state index in [9.17, 15) is 4.79 Å². The number of rotatable bonds is 7. The topological polar surface area (TPSA) is 83.0 Å². The average molecular weight is 306 g/mol. The molecule has 0 fully saturated rings. The highest BCUT2D eigenvalue weighted by Crippen LogP contribution is 2.11. The van der Waals surface area contributed by atoms with Crippen LogP contribution in [0, 0.1) is 0 Å². The van der Waals surface area contributed by atoms with E-state index in [1.807, 2.05) is 36.5 Å². The van der Waals surface area contributed by atoms with Gasteiger partial charge in [-0.15, -0.1) is 5.10 Å². The quantitative estimate of drug-likeness (QED) is 0.770. The van der Waals surface area contributed by atoms with E-state index in [0.29, 0.717) is 18.1 Å². The molecule has 112 valence electrons. The molecule has 1 unspecified atom stereocenters. The number of carbonyl (C=O) groups is 1. The fraction of sp³-hybridized carbons (Fsp3) is 0.357. The lowest BCUT2D eigenvalue weighted by Gasteiger charge is -2.07. The molecule has 21 heavy (non-hydrogen) atoms. The second-order valence-electron chi connectivity index (χ2n) is 4.54. The van der Waals surface area contributed by atoms with Crippen LogP contribution in [0.4, 0.5) is 0 Å². The van der Waals surface area contributed by atoms with Crippen LogP contribution < -0.4 is 5.73 Å². The summed E-state index contributed by atoms with van der Waals surface area (Å²) < 4.78 is 6.37. The third kappa shape index (κ3) is 4.87. The second kappa shape index (κ2) is 7.80. The van der Waals surface area contributed by atoms with Crippen LogP contribution in [0.25, 0.3) is 0 Å². The lowest BCUT2D eigenvalue weighted by Crippen LogP contribution is -2.33. The fourth-order valence-electron chi connectivity index (χ4n) is 1.76. The Labute approximate surface area is 127 Å². The summed E-state index contributed by atoms with van der Waals surface area (Å²) in [6.45, 7) is 0.695. The van der Waals surface area contributed by atoms with Crippen molar-refractivity contribution in [3.05, 3.63) is 47.8 Å². The zero-order chi connectivity index (χ0) is 15.1. The maximum atomic E-state index is 11.2. The molecule has 2 N–H and O–H groups in total. The number of methoxy groups -OCH3 is 1. The molecule has 0 spiro atoms. The summed E-state index contributed by atoms with van der Waals surface area (Å²) in [4.78, 5) is 11.2. The van der Waals surface area contributed by atoms with Gasteiger partial charge in [0.2, 0.25) is 0 Å². The Balaban J connectivity index is 1.79. The van der Waals surface area contributed by atoms with Gasteiger partial charge < -0.3 is 10.5 Å². The van der Waals surface area contributed by atoms with Crippen LogP contribution in [0.2, 0.25) is 0 Å². The maximum Gasteiger partial charge on any atom is 0.323 e. The fourth-order valence-corrected chi connectivity index (χ4v) is 2.61. The normalized spacial score (nSPS) is 12.1. The summed E-state index contributed by atoms with van der Waals surface area (Å²) in [5.74, 6) is 0.771. The molecular weight excluding hydrogens is 288 g/mol. The molecule has 0 bridgehead atoms. The lowest BCUT2D eigenvalue weighted by atomic mass is 10.2. The van der Waals surface area contributed by atoms with Gasteiger partial charge in [0.25, 0.3) is 0 Å². The van der Waals surface area contributed by atoms with Crippen molar-refractivity contribution < 1.29 is 9.53 Å². The van der Waals surface area contributed by atoms with Gasteiger partial charge in [0.1, 0.15) is 6.04 Å². The monoisotopic (exact) mass is 306 g/mol. The van der Waals surface area contributed by atoms with Crippen molar-refractivity contribution in [2.45, 2.75) is 18.3 Å². The van der Waals surface area contributed by atoms with Crippen LogP contribution in [0.15, 0.2) is 36.5 Å². The number of nitrogens with two attached hydrogens (primary N) is 1. The molecule has 0 saturated heterocycles. The highest BCUT2D eigenvalue weighted by Gasteiger charge is 2.13. The van der Waals surface area contributed by atoms with E-state index in [1.165, 1.54) is 24.4 Å². The van der Waals surface area contributed by atoms with E-state index >= 15 is 0 Å². The number of hydrogen-bond donors (Lipinski definition) is 1. The zero-order valence-electron chi connectivity index (χ0n) is 11.8. The van der Waals surface area contributed by atoms with Crippen LogP contribution >= 0.6 is 11.8 Å². The van der Waals surface area contributed by atoms with Gasteiger partial charge in [-0.25, -0.2) is 4.68 Å². The van der Waals surface area contributed by atoms with Crippen molar-refractivity contribution >= 4 is 17.7 Å². The minimum atomic E-state index is -0.598. The van der Waals surface area contributed by atoms with Crippen LogP contribution in [0.3, 0.4) is 0 Å². The highest BCUT2D eigenvalue weighted by atomic mass is 32.2. The summed E-state index contributed by atoms with van der Waals surface area (Å²) in [6.07, 6.45) is 1.91. The standard InChI is InChI=1S/C14H18N4O2S/c1-20-14(19)13(15)10-21-9-12-8-18(17-16-12)7-11-5-3-2-4-6-11/h2-6,8,13H,7,9-10,15H2,1H3. The second-order valence-corrected chi connectivity index (χ2v) is 5.57. The van der Waals surface area contributed by atoms with Crippen molar-refractivity contribution in [1.29, 1.82) is 0 Å². The number of thioether (sulfide) groups is 1. The number of ether oxygens (including phenoxy) is 1. The Bertz CT molecular complexity index is 573. The van der Waals surface area contributed by atoms with Crippen molar-refractivity contribution in [1.82, 2.24) is 15.0 Å². The smallest absolute Gasteiger partial charge is 0.323 e. The van der Waals surface area contributed by atoms with Crippen molar-refractivity contribution in [2.24, 2.45) is 5.73 Å². The number of esters is 1. The predicted molar refractivity (Wildman–Crippen MR) is 81.7 cm³/mol. The summed E-state index contributed by atoms with van der Waals surface area (Å²) in [5.41, 5.74) is 7.71. The van der Waals surface area contributed by atoms with Gasteiger partial charge in [-0.05, 0) is 5.56 Å². The van der Waals surface area contributed by atoms with Gasteiger partial charge in [-0.1, -0.05) is 35.5 Å². The Kier molecular flexibility index (Phi) is 5.77. The molecule has 0 aliphatic rings. The Morgan fingerprint density at radius 2 is 2.19 bits per heavy atom. The van der Waals surface area contributed by atoms with Gasteiger partial charge in [0, 0.05) is 17.7 Å². The molecule has 1 aromatic carbocycles. The number of nitrogens with zero attached hydrogens (tertiary/aromatic N) is 3. The summed E-state index contributed by atoms with van der Waals surface area (Å²) >= 11 is 1.54. The van der Waals surface area contributed by atoms with Crippen LogP contribution in [-0.4, -0.2) is 39.9 Å². The molecule has 0 aliphatic carbocycles. The third-order valence-corrected chi connectivity index (χ3v) is 3.92. The molecule has 1 heterocycles. The summed E-state index contributed by atoms with van der Waals surface area (Å²) in [7, 11) is 1.34. The molecule has 0 amide bonds. The Morgan fingerprint density at radius 3 is 2.90 bits per heavy atom. The molecule has 0 radical (unpaired) electrons. The van der Waals surface area contributed by atoms with Crippen molar-refractivity contribution in [3.8, 4) is 0 Å². The summed E-state index contributed by atoms with van der Waals surface area (Å²) in [5, 5.41) is 8.20. The van der Waals surface area contributed by atoms with Gasteiger partial charge in [0.15, 0.2) is 0 Å². The first kappa shape index (κ1) is 15.5. The van der Waals surface area contributed by atoms with Crippen molar-refractivity contribution in [2.75, 3.05) is 12.9 Å². The van der Waals surface area contributed by atoms with E-state index in [4.69, 9.17) is 5.73 Å². The number of benzene rings is 1. The number of aromatic nitrogens is 3. The molecule has 1 aromatic heterocycles. The van der Waals surface area contributed by atoms with Crippen LogP contribution in [0.5, 0.6) is 0 Å². The predicted octanol–water partition coefficient (Wildman–Crippen LogP) is 1.06. The average Bonchev–Trinajstić information content (AvgIpc) is 2.94. The van der Waals surface area contributed by atoms with Gasteiger partial charge in [-0.2, -0.15) is 11.8 Å². The third-order valence-electron chi connectivity index (χ3n) is 2.82. The minimum absolute atomic E-state index is 0.393. The molecular formula is C14H18N4O2S. The van der Waals surface area contributed by atoms with E-state index in [2.05, 4.69) is 15.0 Å². The van der Waals surface area contributed by atoms with Crippen molar-refractivity contribution in [3.63, 3.8) is 0 Å². The molecule has 7 heteroatoms. The van der Waals surface area contributed by atoms with E-state index < -0.39 is 12.0 Å². The molecule has 1 atom stereocenters. The molecule has 6 nitrogen and oxygen atoms in total. The van der Waals surface area contributed by atoms with Gasteiger partial charge in [-0.3, -0.25) is 4.79 Å². The zero-order valence-corrected chi connectivity index (χ0v) is 12.6. The van der Waals surface area contributed by atoms with Crippen LogP contribution in [0.1, 0.15) is 11.3 Å². The SMILES string of the molecule is COC(=O)C(N)CSCc1cn(Cc2ccccc2)nn1. The molecule has 2 rings (SSSR count). The lowest BCUT2D eigenvalue weighted by molar-refractivity contribution is -0.141. The molecule has 0 aliphatic heterocycles. The summed E-state index contributed by atoms with van der Waals surface area (Å²) in [6, 6.07) is 9.47. The van der Waals surface area contributed by atoms with E-state index in [1.54, 1.807) is 4.68 Å². The minimum Gasteiger partial charge on any atom is -0.468 e. The Morgan fingerprint density at radius 1 is 1.43 bits per heavy atom. The highest BCUT2D eigenvalue weighted by molar-refractivity contribution is 7.98. The first-order chi connectivity index (χ1) is 10.2. The first-order valence-corrected chi connectivity index (χ1v) is 7.68. The maximum absolute atomic E-state index is 11.2. The first-order valence-electron chi connectivity index (χ1n) is 6.53. The number of hydrogen-bond acceptors (Lipinski definition) is 6. The van der Waals surface area contributed by atoms with Gasteiger partial charge >= 0.3 is 5.97 Å². The van der Waals surface area contributed by atoms with Gasteiger partial charge in [0.05, 0.1) is 19.3 Å². The van der Waals surface area contributed by atoms with E-state index in [-0.39, 0.29) is 0 Å². The largest absolute Gasteiger partial charge is 0.468 e. The Hall–Kier alpha value is -1.86.